The average Bonchev–Trinajstić information content (AvgIpc) is 2.68. The Bertz CT molecular complexity index is 998. The molecule has 0 aromatic heterocycles. The van der Waals surface area contributed by atoms with Gasteiger partial charge < -0.3 is 10.0 Å². The number of benzene rings is 2. The second kappa shape index (κ2) is 7.85. The molecule has 0 atom stereocenters. The first-order chi connectivity index (χ1) is 13.3. The van der Waals surface area contributed by atoms with Crippen LogP contribution in [0.5, 0.6) is 5.75 Å². The van der Waals surface area contributed by atoms with E-state index in [2.05, 4.69) is 4.72 Å². The molecule has 0 radical (unpaired) electrons. The van der Waals surface area contributed by atoms with Crippen molar-refractivity contribution in [3.63, 3.8) is 0 Å². The molecular formula is C18H19N3O6S. The summed E-state index contributed by atoms with van der Waals surface area (Å²) in [5.74, 6) is -0.715. The fourth-order valence-electron chi connectivity index (χ4n) is 2.99. The van der Waals surface area contributed by atoms with E-state index >= 15 is 0 Å². The van der Waals surface area contributed by atoms with Crippen LogP contribution in [-0.4, -0.2) is 42.3 Å². The lowest BCUT2D eigenvalue weighted by molar-refractivity contribution is -0.386. The fraction of sp³-hybridized carbons (Fsp3) is 0.278. The van der Waals surface area contributed by atoms with Crippen LogP contribution in [0.2, 0.25) is 0 Å². The largest absolute Gasteiger partial charge is 0.502 e. The number of nitrogens with one attached hydrogen (secondary N) is 1. The van der Waals surface area contributed by atoms with E-state index in [0.717, 1.165) is 37.5 Å². The molecule has 1 fully saturated rings. The maximum atomic E-state index is 12.5. The van der Waals surface area contributed by atoms with Crippen molar-refractivity contribution in [1.29, 1.82) is 0 Å². The van der Waals surface area contributed by atoms with Gasteiger partial charge in [-0.3, -0.25) is 19.6 Å². The molecule has 3 rings (SSSR count). The number of nitrogens with zero attached hydrogens (tertiary/aromatic N) is 2. The Hall–Kier alpha value is -3.14. The van der Waals surface area contributed by atoms with E-state index in [1.165, 1.54) is 24.3 Å². The van der Waals surface area contributed by atoms with E-state index in [0.29, 0.717) is 18.7 Å². The van der Waals surface area contributed by atoms with E-state index in [1.54, 1.807) is 4.90 Å². The van der Waals surface area contributed by atoms with Gasteiger partial charge in [0.1, 0.15) is 0 Å². The Morgan fingerprint density at radius 2 is 1.71 bits per heavy atom. The summed E-state index contributed by atoms with van der Waals surface area (Å²) in [6.45, 7) is 1.43. The van der Waals surface area contributed by atoms with E-state index in [-0.39, 0.29) is 16.5 Å². The number of hydrogen-bond donors (Lipinski definition) is 2. The number of carbonyl (C=O) groups is 1. The third-order valence-corrected chi connectivity index (χ3v) is 5.86. The van der Waals surface area contributed by atoms with Crippen molar-refractivity contribution in [1.82, 2.24) is 4.90 Å². The Kier molecular flexibility index (Phi) is 5.50. The number of sulfonamides is 1. The highest BCUT2D eigenvalue weighted by molar-refractivity contribution is 7.92. The molecule has 0 unspecified atom stereocenters. The highest BCUT2D eigenvalue weighted by atomic mass is 32.2. The van der Waals surface area contributed by atoms with Crippen molar-refractivity contribution in [3.05, 3.63) is 58.1 Å². The number of hydrogen-bond acceptors (Lipinski definition) is 6. The molecule has 10 heteroatoms. The molecule has 2 aromatic carbocycles. The number of phenols is 1. The van der Waals surface area contributed by atoms with Crippen LogP contribution in [-0.2, 0) is 10.0 Å². The first kappa shape index (κ1) is 19.6. The molecule has 2 N–H and O–H groups in total. The van der Waals surface area contributed by atoms with Gasteiger partial charge in [-0.25, -0.2) is 8.42 Å². The Labute approximate surface area is 161 Å². The Balaban J connectivity index is 1.77. The van der Waals surface area contributed by atoms with Crippen molar-refractivity contribution in [3.8, 4) is 5.75 Å². The lowest BCUT2D eigenvalue weighted by Crippen LogP contribution is -2.35. The van der Waals surface area contributed by atoms with Crippen LogP contribution < -0.4 is 4.72 Å². The summed E-state index contributed by atoms with van der Waals surface area (Å²) >= 11 is 0. The number of piperidine rings is 1. The molecule has 0 bridgehead atoms. The summed E-state index contributed by atoms with van der Waals surface area (Å²) in [6.07, 6.45) is 3.06. The van der Waals surface area contributed by atoms with Crippen LogP contribution >= 0.6 is 0 Å². The van der Waals surface area contributed by atoms with Crippen molar-refractivity contribution >= 4 is 27.3 Å². The number of carbonyl (C=O) groups excluding carboxylic acids is 1. The zero-order valence-corrected chi connectivity index (χ0v) is 15.7. The number of phenolic OH excluding ortho intramolecular Hbond substituents is 1. The third-order valence-electron chi connectivity index (χ3n) is 4.48. The van der Waals surface area contributed by atoms with Crippen LogP contribution in [0, 0.1) is 10.1 Å². The molecule has 9 nitrogen and oxygen atoms in total. The maximum absolute atomic E-state index is 12.5. The van der Waals surface area contributed by atoms with Gasteiger partial charge in [0.25, 0.3) is 15.9 Å². The zero-order chi connectivity index (χ0) is 20.3. The lowest BCUT2D eigenvalue weighted by atomic mass is 10.1. The Morgan fingerprint density at radius 1 is 1.07 bits per heavy atom. The van der Waals surface area contributed by atoms with Crippen LogP contribution in [0.25, 0.3) is 0 Å². The minimum absolute atomic E-state index is 0.0942. The third kappa shape index (κ3) is 4.22. The maximum Gasteiger partial charge on any atom is 0.312 e. The van der Waals surface area contributed by atoms with E-state index in [9.17, 15) is 28.4 Å². The van der Waals surface area contributed by atoms with Gasteiger partial charge in [-0.2, -0.15) is 0 Å². The number of amides is 1. The van der Waals surface area contributed by atoms with Crippen LogP contribution in [0.4, 0.5) is 11.4 Å². The highest BCUT2D eigenvalue weighted by Gasteiger charge is 2.22. The van der Waals surface area contributed by atoms with Crippen LogP contribution in [0.1, 0.15) is 29.6 Å². The lowest BCUT2D eigenvalue weighted by Gasteiger charge is -2.26. The van der Waals surface area contributed by atoms with E-state index in [1.807, 2.05) is 0 Å². The molecule has 1 aliphatic heterocycles. The van der Waals surface area contributed by atoms with Gasteiger partial charge >= 0.3 is 5.69 Å². The Morgan fingerprint density at radius 3 is 2.32 bits per heavy atom. The highest BCUT2D eigenvalue weighted by Crippen LogP contribution is 2.29. The summed E-state index contributed by atoms with van der Waals surface area (Å²) in [6, 6.07) is 8.80. The van der Waals surface area contributed by atoms with Crippen LogP contribution in [0.3, 0.4) is 0 Å². The summed E-state index contributed by atoms with van der Waals surface area (Å²) in [4.78, 5) is 23.9. The molecule has 1 aliphatic rings. The first-order valence-electron chi connectivity index (χ1n) is 8.67. The number of likely N-dealkylation sites (tertiary alicyclic amines) is 1. The first-order valence-corrected chi connectivity index (χ1v) is 10.2. The predicted molar refractivity (Wildman–Crippen MR) is 102 cm³/mol. The minimum Gasteiger partial charge on any atom is -0.502 e. The van der Waals surface area contributed by atoms with Gasteiger partial charge in [-0.15, -0.1) is 0 Å². The second-order valence-corrected chi connectivity index (χ2v) is 8.13. The molecule has 148 valence electrons. The minimum atomic E-state index is -4.10. The molecule has 0 spiro atoms. The number of nitro benzene ring substituents is 1. The molecule has 1 amide bonds. The quantitative estimate of drug-likeness (QED) is 0.581. The van der Waals surface area contributed by atoms with Gasteiger partial charge in [0.05, 0.1) is 9.82 Å². The topological polar surface area (TPSA) is 130 Å². The van der Waals surface area contributed by atoms with Gasteiger partial charge in [0, 0.05) is 30.4 Å². The smallest absolute Gasteiger partial charge is 0.312 e. The summed E-state index contributed by atoms with van der Waals surface area (Å²) in [5.41, 5.74) is -0.0265. The summed E-state index contributed by atoms with van der Waals surface area (Å²) in [5, 5.41) is 20.3. The number of anilines is 1. The van der Waals surface area contributed by atoms with Gasteiger partial charge in [-0.05, 0) is 55.7 Å². The molecule has 1 heterocycles. The standard InChI is InChI=1S/C18H19N3O6S/c22-17-9-8-15(12-16(17)21(24)25)28(26,27)19-14-6-4-13(5-7-14)18(23)20-10-2-1-3-11-20/h4-9,12,19,22H,1-3,10-11H2. The van der Waals surface area contributed by atoms with Gasteiger partial charge in [-0.1, -0.05) is 0 Å². The van der Waals surface area contributed by atoms with Gasteiger partial charge in [0.2, 0.25) is 0 Å². The molecular weight excluding hydrogens is 386 g/mol. The summed E-state index contributed by atoms with van der Waals surface area (Å²) in [7, 11) is -4.10. The predicted octanol–water partition coefficient (Wildman–Crippen LogP) is 2.73. The average molecular weight is 405 g/mol. The number of rotatable bonds is 5. The van der Waals surface area contributed by atoms with Crippen molar-refractivity contribution in [2.75, 3.05) is 17.8 Å². The van der Waals surface area contributed by atoms with Crippen molar-refractivity contribution in [2.24, 2.45) is 0 Å². The molecule has 0 aliphatic carbocycles. The van der Waals surface area contributed by atoms with Crippen molar-refractivity contribution in [2.45, 2.75) is 24.2 Å². The van der Waals surface area contributed by atoms with E-state index < -0.39 is 26.4 Å². The number of aromatic hydroxyl groups is 1. The SMILES string of the molecule is O=C(c1ccc(NS(=O)(=O)c2ccc(O)c([N+](=O)[O-])c2)cc1)N1CCCCC1. The molecule has 1 saturated heterocycles. The monoisotopic (exact) mass is 405 g/mol. The number of nitro groups is 1. The molecule has 0 saturated carbocycles. The fourth-order valence-corrected chi connectivity index (χ4v) is 4.07. The van der Waals surface area contributed by atoms with Crippen molar-refractivity contribution < 1.29 is 23.2 Å². The zero-order valence-electron chi connectivity index (χ0n) is 14.9. The second-order valence-electron chi connectivity index (χ2n) is 6.44. The molecule has 28 heavy (non-hydrogen) atoms. The molecule has 2 aromatic rings. The normalized spacial score (nSPS) is 14.5. The van der Waals surface area contributed by atoms with E-state index in [4.69, 9.17) is 0 Å². The van der Waals surface area contributed by atoms with Gasteiger partial charge in [0.15, 0.2) is 5.75 Å². The van der Waals surface area contributed by atoms with Crippen LogP contribution in [0.15, 0.2) is 47.4 Å². The summed E-state index contributed by atoms with van der Waals surface area (Å²) < 4.78 is 27.2.